The summed E-state index contributed by atoms with van der Waals surface area (Å²) in [6.07, 6.45) is 7.16. The summed E-state index contributed by atoms with van der Waals surface area (Å²) >= 11 is 0. The SMILES string of the molecule is C#CC1(c2cc(O)ccc2O)CC1. The molecule has 1 aromatic rings. The lowest BCUT2D eigenvalue weighted by Gasteiger charge is -2.10. The van der Waals surface area contributed by atoms with Crippen molar-refractivity contribution in [1.29, 1.82) is 0 Å². The largest absolute Gasteiger partial charge is 0.508 e. The average molecular weight is 174 g/mol. The molecular weight excluding hydrogens is 164 g/mol. The maximum absolute atomic E-state index is 9.54. The summed E-state index contributed by atoms with van der Waals surface area (Å²) in [5.74, 6) is 2.99. The van der Waals surface area contributed by atoms with Crippen LogP contribution in [-0.2, 0) is 5.41 Å². The third kappa shape index (κ3) is 1.13. The van der Waals surface area contributed by atoms with Crippen molar-refractivity contribution in [3.05, 3.63) is 23.8 Å². The van der Waals surface area contributed by atoms with Crippen molar-refractivity contribution in [2.24, 2.45) is 0 Å². The van der Waals surface area contributed by atoms with Gasteiger partial charge in [0.2, 0.25) is 0 Å². The molecule has 1 saturated carbocycles. The lowest BCUT2D eigenvalue weighted by atomic mass is 9.96. The second kappa shape index (κ2) is 2.43. The van der Waals surface area contributed by atoms with Crippen molar-refractivity contribution in [3.63, 3.8) is 0 Å². The fourth-order valence-corrected chi connectivity index (χ4v) is 1.52. The van der Waals surface area contributed by atoms with Crippen LogP contribution < -0.4 is 0 Å². The number of benzene rings is 1. The van der Waals surface area contributed by atoms with Crippen molar-refractivity contribution in [2.75, 3.05) is 0 Å². The predicted molar refractivity (Wildman–Crippen MR) is 49.5 cm³/mol. The van der Waals surface area contributed by atoms with E-state index in [1.54, 1.807) is 6.07 Å². The summed E-state index contributed by atoms with van der Waals surface area (Å²) in [6, 6.07) is 4.47. The lowest BCUT2D eigenvalue weighted by Crippen LogP contribution is -2.02. The third-order valence-electron chi connectivity index (χ3n) is 2.52. The quantitative estimate of drug-likeness (QED) is 0.503. The second-order valence-corrected chi connectivity index (χ2v) is 3.43. The van der Waals surface area contributed by atoms with Crippen LogP contribution in [0, 0.1) is 12.3 Å². The Morgan fingerprint density at radius 3 is 2.54 bits per heavy atom. The molecule has 2 nitrogen and oxygen atoms in total. The summed E-state index contributed by atoms with van der Waals surface area (Å²) in [5.41, 5.74) is 0.359. The van der Waals surface area contributed by atoms with E-state index >= 15 is 0 Å². The third-order valence-corrected chi connectivity index (χ3v) is 2.52. The van der Waals surface area contributed by atoms with E-state index in [4.69, 9.17) is 6.42 Å². The van der Waals surface area contributed by atoms with Crippen LogP contribution >= 0.6 is 0 Å². The number of phenolic OH excluding ortho intramolecular Hbond substituents is 2. The van der Waals surface area contributed by atoms with Crippen LogP contribution in [0.1, 0.15) is 18.4 Å². The molecule has 0 aromatic heterocycles. The van der Waals surface area contributed by atoms with Gasteiger partial charge in [-0.2, -0.15) is 0 Å². The van der Waals surface area contributed by atoms with Gasteiger partial charge in [-0.3, -0.25) is 0 Å². The summed E-state index contributed by atoms with van der Waals surface area (Å²) < 4.78 is 0. The van der Waals surface area contributed by atoms with E-state index in [1.807, 2.05) is 0 Å². The second-order valence-electron chi connectivity index (χ2n) is 3.43. The molecule has 2 heteroatoms. The van der Waals surface area contributed by atoms with Crippen LogP contribution in [0.25, 0.3) is 0 Å². The summed E-state index contributed by atoms with van der Waals surface area (Å²) in [6.45, 7) is 0. The van der Waals surface area contributed by atoms with Crippen LogP contribution in [-0.4, -0.2) is 10.2 Å². The number of phenols is 2. The van der Waals surface area contributed by atoms with Gasteiger partial charge < -0.3 is 10.2 Å². The van der Waals surface area contributed by atoms with E-state index in [0.717, 1.165) is 12.8 Å². The molecule has 66 valence electrons. The molecule has 0 radical (unpaired) electrons. The standard InChI is InChI=1S/C11H10O2/c1-2-11(5-6-11)9-7-8(12)3-4-10(9)13/h1,3-4,7,12-13H,5-6H2. The minimum Gasteiger partial charge on any atom is -0.508 e. The van der Waals surface area contributed by atoms with Gasteiger partial charge in [0.25, 0.3) is 0 Å². The maximum atomic E-state index is 9.54. The smallest absolute Gasteiger partial charge is 0.120 e. The highest BCUT2D eigenvalue weighted by molar-refractivity contribution is 5.51. The molecule has 1 aliphatic carbocycles. The first kappa shape index (κ1) is 8.00. The number of hydrogen-bond acceptors (Lipinski definition) is 2. The lowest BCUT2D eigenvalue weighted by molar-refractivity contribution is 0.451. The number of terminal acetylenes is 1. The Hall–Kier alpha value is -1.62. The Labute approximate surface area is 76.8 Å². The monoisotopic (exact) mass is 174 g/mol. The van der Waals surface area contributed by atoms with Gasteiger partial charge in [0.05, 0.1) is 5.41 Å². The van der Waals surface area contributed by atoms with Gasteiger partial charge in [0, 0.05) is 5.56 Å². The zero-order valence-electron chi connectivity index (χ0n) is 7.12. The zero-order valence-corrected chi connectivity index (χ0v) is 7.12. The van der Waals surface area contributed by atoms with Crippen LogP contribution in [0.4, 0.5) is 0 Å². The highest BCUT2D eigenvalue weighted by atomic mass is 16.3. The zero-order chi connectivity index (χ0) is 9.47. The van der Waals surface area contributed by atoms with Crippen LogP contribution in [0.5, 0.6) is 11.5 Å². The average Bonchev–Trinajstić information content (AvgIpc) is 2.90. The van der Waals surface area contributed by atoms with E-state index in [0.29, 0.717) is 5.56 Å². The molecule has 0 heterocycles. The van der Waals surface area contributed by atoms with Crippen LogP contribution in [0.3, 0.4) is 0 Å². The molecule has 0 unspecified atom stereocenters. The first-order valence-corrected chi connectivity index (χ1v) is 4.18. The predicted octanol–water partition coefficient (Wildman–Crippen LogP) is 1.76. The van der Waals surface area contributed by atoms with Crippen molar-refractivity contribution in [2.45, 2.75) is 18.3 Å². The summed E-state index contributed by atoms with van der Waals surface area (Å²) in [7, 11) is 0. The van der Waals surface area contributed by atoms with E-state index < -0.39 is 0 Å². The molecule has 1 fully saturated rings. The Morgan fingerprint density at radius 2 is 2.00 bits per heavy atom. The molecule has 1 aromatic carbocycles. The molecule has 1 aliphatic rings. The normalized spacial score (nSPS) is 17.8. The molecule has 2 rings (SSSR count). The first-order valence-electron chi connectivity index (χ1n) is 4.18. The number of rotatable bonds is 1. The van der Waals surface area contributed by atoms with Crippen molar-refractivity contribution in [1.82, 2.24) is 0 Å². The van der Waals surface area contributed by atoms with E-state index in [9.17, 15) is 10.2 Å². The fourth-order valence-electron chi connectivity index (χ4n) is 1.52. The maximum Gasteiger partial charge on any atom is 0.120 e. The van der Waals surface area contributed by atoms with Gasteiger partial charge in [0.15, 0.2) is 0 Å². The van der Waals surface area contributed by atoms with Gasteiger partial charge in [0.1, 0.15) is 11.5 Å². The van der Waals surface area contributed by atoms with Gasteiger partial charge >= 0.3 is 0 Å². The van der Waals surface area contributed by atoms with Crippen LogP contribution in [0.15, 0.2) is 18.2 Å². The molecule has 13 heavy (non-hydrogen) atoms. The molecule has 2 N–H and O–H groups in total. The van der Waals surface area contributed by atoms with Gasteiger partial charge in [-0.25, -0.2) is 0 Å². The van der Waals surface area contributed by atoms with Crippen molar-refractivity contribution in [3.8, 4) is 23.8 Å². The molecule has 0 bridgehead atoms. The van der Waals surface area contributed by atoms with E-state index in [2.05, 4.69) is 5.92 Å². The highest BCUT2D eigenvalue weighted by Crippen LogP contribution is 2.51. The summed E-state index contributed by atoms with van der Waals surface area (Å²) in [5, 5.41) is 18.8. The highest BCUT2D eigenvalue weighted by Gasteiger charge is 2.44. The molecular formula is C11H10O2. The van der Waals surface area contributed by atoms with Gasteiger partial charge in [-0.1, -0.05) is 5.92 Å². The van der Waals surface area contributed by atoms with Crippen molar-refractivity contribution >= 4 is 0 Å². The molecule has 0 spiro atoms. The number of aromatic hydroxyl groups is 2. The van der Waals surface area contributed by atoms with E-state index in [-0.39, 0.29) is 16.9 Å². The topological polar surface area (TPSA) is 40.5 Å². The Bertz CT molecular complexity index is 384. The Morgan fingerprint density at radius 1 is 1.31 bits per heavy atom. The van der Waals surface area contributed by atoms with E-state index in [1.165, 1.54) is 12.1 Å². The minimum absolute atomic E-state index is 0.148. The van der Waals surface area contributed by atoms with Crippen LogP contribution in [0.2, 0.25) is 0 Å². The molecule has 0 aliphatic heterocycles. The fraction of sp³-hybridized carbons (Fsp3) is 0.273. The van der Waals surface area contributed by atoms with Crippen molar-refractivity contribution < 1.29 is 10.2 Å². The van der Waals surface area contributed by atoms with Gasteiger partial charge in [-0.05, 0) is 31.0 Å². The Kier molecular flexibility index (Phi) is 1.50. The summed E-state index contributed by atoms with van der Waals surface area (Å²) in [4.78, 5) is 0. The van der Waals surface area contributed by atoms with Gasteiger partial charge in [-0.15, -0.1) is 6.42 Å². The minimum atomic E-state index is -0.317. The first-order chi connectivity index (χ1) is 6.18. The Balaban J connectivity index is 2.52. The number of hydrogen-bond donors (Lipinski definition) is 2. The molecule has 0 atom stereocenters. The molecule has 0 saturated heterocycles. The molecule has 0 amide bonds.